The lowest BCUT2D eigenvalue weighted by Gasteiger charge is -2.11. The second-order valence-electron chi connectivity index (χ2n) is 3.57. The van der Waals surface area contributed by atoms with E-state index in [1.807, 2.05) is 0 Å². The first-order chi connectivity index (χ1) is 8.04. The van der Waals surface area contributed by atoms with Crippen LogP contribution in [0.1, 0.15) is 12.8 Å². The van der Waals surface area contributed by atoms with E-state index >= 15 is 0 Å². The molecule has 1 atom stereocenters. The predicted octanol–water partition coefficient (Wildman–Crippen LogP) is 0.483. The molecule has 0 saturated heterocycles. The van der Waals surface area contributed by atoms with Crippen LogP contribution in [0, 0.1) is 0 Å². The summed E-state index contributed by atoms with van der Waals surface area (Å²) >= 11 is 0. The molecular weight excluding hydrogens is 295 g/mol. The van der Waals surface area contributed by atoms with Crippen LogP contribution in [0.3, 0.4) is 0 Å². The third kappa shape index (κ3) is 6.42. The normalized spacial score (nSPS) is 10.7. The Bertz CT molecular complexity index is 411. The summed E-state index contributed by atoms with van der Waals surface area (Å²) in [6, 6.07) is -0.759. The molecule has 7 nitrogen and oxygen atoms in total. The number of anilines is 1. The van der Waals surface area contributed by atoms with Gasteiger partial charge in [-0.1, -0.05) is 0 Å². The molecule has 0 aliphatic carbocycles. The number of imidazole rings is 1. The van der Waals surface area contributed by atoms with Gasteiger partial charge in [-0.2, -0.15) is 0 Å². The van der Waals surface area contributed by atoms with Crippen molar-refractivity contribution in [3.63, 3.8) is 0 Å². The molecule has 0 aliphatic rings. The van der Waals surface area contributed by atoms with Gasteiger partial charge in [0.2, 0.25) is 11.9 Å². The van der Waals surface area contributed by atoms with Crippen molar-refractivity contribution in [2.45, 2.75) is 18.9 Å². The van der Waals surface area contributed by atoms with Crippen molar-refractivity contribution >= 4 is 42.6 Å². The van der Waals surface area contributed by atoms with Crippen LogP contribution in [0.5, 0.6) is 0 Å². The Balaban J connectivity index is 0. The van der Waals surface area contributed by atoms with Gasteiger partial charge < -0.3 is 15.0 Å². The molecule has 1 heterocycles. The quantitative estimate of drug-likeness (QED) is 0.770. The lowest BCUT2D eigenvalue weighted by atomic mass is 10.1. The molecule has 9 heteroatoms. The van der Waals surface area contributed by atoms with Crippen LogP contribution < -0.4 is 11.1 Å². The number of amides is 1. The van der Waals surface area contributed by atoms with Crippen molar-refractivity contribution in [3.05, 3.63) is 12.4 Å². The van der Waals surface area contributed by atoms with E-state index in [0.717, 1.165) is 0 Å². The standard InChI is InChI=1S/C10H16N4O3.2ClH/c1-14-6-5-12-10(14)13-9(16)7(11)3-4-8(15)17-2;;/h5-7H,3-4,11H2,1-2H3,(H,12,13,16);2*1H/t7-;;/m0../s1. The number of aromatic nitrogens is 2. The zero-order valence-corrected chi connectivity index (χ0v) is 12.3. The number of carbonyl (C=O) groups is 2. The summed E-state index contributed by atoms with van der Waals surface area (Å²) in [4.78, 5) is 26.4. The Morgan fingerprint density at radius 2 is 2.16 bits per heavy atom. The molecule has 0 radical (unpaired) electrons. The number of esters is 1. The summed E-state index contributed by atoms with van der Waals surface area (Å²) in [5.74, 6) is -0.336. The van der Waals surface area contributed by atoms with Crippen LogP contribution in [0.15, 0.2) is 12.4 Å². The Kier molecular flexibility index (Phi) is 10.1. The average Bonchev–Trinajstić information content (AvgIpc) is 2.71. The van der Waals surface area contributed by atoms with E-state index in [1.165, 1.54) is 7.11 Å². The first-order valence-electron chi connectivity index (χ1n) is 5.15. The largest absolute Gasteiger partial charge is 0.469 e. The van der Waals surface area contributed by atoms with Crippen LogP contribution in [0.25, 0.3) is 0 Å². The zero-order chi connectivity index (χ0) is 12.8. The number of nitrogens with one attached hydrogen (secondary N) is 1. The van der Waals surface area contributed by atoms with E-state index < -0.39 is 6.04 Å². The number of ether oxygens (including phenoxy) is 1. The molecule has 1 amide bonds. The van der Waals surface area contributed by atoms with Gasteiger partial charge in [0.25, 0.3) is 0 Å². The van der Waals surface area contributed by atoms with E-state index in [4.69, 9.17) is 5.73 Å². The summed E-state index contributed by atoms with van der Waals surface area (Å²) in [5, 5.41) is 2.57. The lowest BCUT2D eigenvalue weighted by molar-refractivity contribution is -0.140. The highest BCUT2D eigenvalue weighted by Crippen LogP contribution is 2.03. The molecule has 19 heavy (non-hydrogen) atoms. The minimum atomic E-state index is -0.759. The first-order valence-corrected chi connectivity index (χ1v) is 5.15. The van der Waals surface area contributed by atoms with Crippen LogP contribution >= 0.6 is 24.8 Å². The second kappa shape index (κ2) is 9.60. The van der Waals surface area contributed by atoms with Gasteiger partial charge in [0.1, 0.15) is 0 Å². The van der Waals surface area contributed by atoms with Crippen molar-refractivity contribution in [2.75, 3.05) is 12.4 Å². The SMILES string of the molecule is COC(=O)CC[C@H](N)C(=O)Nc1nccn1C.Cl.Cl. The fourth-order valence-corrected chi connectivity index (χ4v) is 1.20. The topological polar surface area (TPSA) is 99.2 Å². The summed E-state index contributed by atoms with van der Waals surface area (Å²) in [6.07, 6.45) is 3.62. The summed E-state index contributed by atoms with van der Waals surface area (Å²) in [7, 11) is 3.05. The Morgan fingerprint density at radius 1 is 1.53 bits per heavy atom. The molecule has 1 rings (SSSR count). The van der Waals surface area contributed by atoms with E-state index in [0.29, 0.717) is 5.95 Å². The molecule has 1 aromatic rings. The molecule has 3 N–H and O–H groups in total. The number of rotatable bonds is 5. The number of halogens is 2. The highest BCUT2D eigenvalue weighted by molar-refractivity contribution is 5.93. The van der Waals surface area contributed by atoms with E-state index in [2.05, 4.69) is 15.0 Å². The first kappa shape index (κ1) is 20.0. The van der Waals surface area contributed by atoms with Gasteiger partial charge in [0.05, 0.1) is 13.2 Å². The molecule has 1 aromatic heterocycles. The molecule has 0 saturated carbocycles. The molecule has 0 bridgehead atoms. The van der Waals surface area contributed by atoms with Crippen LogP contribution in [0.4, 0.5) is 5.95 Å². The van der Waals surface area contributed by atoms with Crippen molar-refractivity contribution in [1.82, 2.24) is 9.55 Å². The second-order valence-corrected chi connectivity index (χ2v) is 3.57. The predicted molar refractivity (Wildman–Crippen MR) is 75.6 cm³/mol. The molecule has 0 fully saturated rings. The zero-order valence-electron chi connectivity index (χ0n) is 10.7. The van der Waals surface area contributed by atoms with Crippen molar-refractivity contribution < 1.29 is 14.3 Å². The van der Waals surface area contributed by atoms with Crippen molar-refractivity contribution in [2.24, 2.45) is 12.8 Å². The molecular formula is C10H18Cl2N4O3. The maximum Gasteiger partial charge on any atom is 0.305 e. The number of carbonyl (C=O) groups excluding carboxylic acids is 2. The number of nitrogens with zero attached hydrogens (tertiary/aromatic N) is 2. The fraction of sp³-hybridized carbons (Fsp3) is 0.500. The molecule has 0 aromatic carbocycles. The average molecular weight is 313 g/mol. The van der Waals surface area contributed by atoms with Gasteiger partial charge >= 0.3 is 5.97 Å². The summed E-state index contributed by atoms with van der Waals surface area (Å²) in [6.45, 7) is 0. The van der Waals surface area contributed by atoms with Crippen LogP contribution in [-0.4, -0.2) is 34.6 Å². The van der Waals surface area contributed by atoms with Gasteiger partial charge in [-0.3, -0.25) is 14.9 Å². The summed E-state index contributed by atoms with van der Waals surface area (Å²) < 4.78 is 6.12. The Labute approximate surface area is 123 Å². The Morgan fingerprint density at radius 3 is 2.63 bits per heavy atom. The smallest absolute Gasteiger partial charge is 0.305 e. The van der Waals surface area contributed by atoms with Crippen molar-refractivity contribution in [3.8, 4) is 0 Å². The molecule has 0 unspecified atom stereocenters. The molecule has 110 valence electrons. The van der Waals surface area contributed by atoms with Gasteiger partial charge in [-0.15, -0.1) is 24.8 Å². The fourth-order valence-electron chi connectivity index (χ4n) is 1.20. The lowest BCUT2D eigenvalue weighted by Crippen LogP contribution is -2.36. The van der Waals surface area contributed by atoms with Gasteiger partial charge in [0.15, 0.2) is 0 Å². The van der Waals surface area contributed by atoms with Crippen LogP contribution in [-0.2, 0) is 21.4 Å². The summed E-state index contributed by atoms with van der Waals surface area (Å²) in [5.41, 5.74) is 5.63. The molecule has 0 spiro atoms. The minimum Gasteiger partial charge on any atom is -0.469 e. The number of hydrogen-bond donors (Lipinski definition) is 2. The third-order valence-electron chi connectivity index (χ3n) is 2.28. The molecule has 0 aliphatic heterocycles. The minimum absolute atomic E-state index is 0. The highest BCUT2D eigenvalue weighted by atomic mass is 35.5. The van der Waals surface area contributed by atoms with E-state index in [9.17, 15) is 9.59 Å². The number of hydrogen-bond acceptors (Lipinski definition) is 5. The number of methoxy groups -OCH3 is 1. The van der Waals surface area contributed by atoms with Crippen molar-refractivity contribution in [1.29, 1.82) is 0 Å². The Hall–Kier alpha value is -1.31. The van der Waals surface area contributed by atoms with Gasteiger partial charge in [0, 0.05) is 25.9 Å². The third-order valence-corrected chi connectivity index (χ3v) is 2.28. The van der Waals surface area contributed by atoms with E-state index in [1.54, 1.807) is 24.0 Å². The highest BCUT2D eigenvalue weighted by Gasteiger charge is 2.16. The maximum absolute atomic E-state index is 11.6. The maximum atomic E-state index is 11.6. The van der Waals surface area contributed by atoms with E-state index in [-0.39, 0.29) is 49.5 Å². The van der Waals surface area contributed by atoms with Crippen LogP contribution in [0.2, 0.25) is 0 Å². The number of nitrogens with two attached hydrogens (primary N) is 1. The number of aryl methyl sites for hydroxylation is 1. The van der Waals surface area contributed by atoms with Gasteiger partial charge in [-0.25, -0.2) is 4.98 Å². The van der Waals surface area contributed by atoms with Gasteiger partial charge in [-0.05, 0) is 6.42 Å². The monoisotopic (exact) mass is 312 g/mol.